The van der Waals surface area contributed by atoms with Crippen LogP contribution in [0, 0.1) is 17.8 Å². The Bertz CT molecular complexity index is 148. The van der Waals surface area contributed by atoms with E-state index in [2.05, 4.69) is 11.2 Å². The Morgan fingerprint density at radius 2 is 2.18 bits per heavy atom. The third-order valence-electron chi connectivity index (χ3n) is 2.29. The average Bonchev–Trinajstić information content (AvgIpc) is 2.07. The summed E-state index contributed by atoms with van der Waals surface area (Å²) in [6.45, 7) is 2.74. The maximum absolute atomic E-state index is 5.47. The fourth-order valence-electron chi connectivity index (χ4n) is 1.51. The molecule has 0 aromatic carbocycles. The molecule has 2 nitrogen and oxygen atoms in total. The van der Waals surface area contributed by atoms with Crippen molar-refractivity contribution in [3.63, 3.8) is 0 Å². The van der Waals surface area contributed by atoms with Gasteiger partial charge in [0.15, 0.2) is 0 Å². The number of piperidine rings is 1. The monoisotopic (exact) mass is 153 g/mol. The molecule has 0 spiro atoms. The van der Waals surface area contributed by atoms with E-state index in [9.17, 15) is 0 Å². The van der Waals surface area contributed by atoms with E-state index in [1.807, 2.05) is 0 Å². The maximum atomic E-state index is 5.47. The van der Waals surface area contributed by atoms with Gasteiger partial charge in [-0.2, -0.15) is 0 Å². The predicted octanol–water partition coefficient (Wildman–Crippen LogP) is 0.636. The number of terminal acetylenes is 1. The number of hydrogen-bond acceptors (Lipinski definition) is 2. The molecular formula is C9H15NO. The molecule has 0 unspecified atom stereocenters. The standard InChI is InChI=1S/C9H15NO/c1-3-9(8-11-2)4-6-10-7-5-9/h1,10H,4-8H2,2H3. The zero-order chi connectivity index (χ0) is 8.16. The molecule has 0 aromatic heterocycles. The molecular weight excluding hydrogens is 138 g/mol. The lowest BCUT2D eigenvalue weighted by Crippen LogP contribution is -2.38. The van der Waals surface area contributed by atoms with Crippen LogP contribution in [0.2, 0.25) is 0 Å². The summed E-state index contributed by atoms with van der Waals surface area (Å²) in [4.78, 5) is 0. The fraction of sp³-hybridized carbons (Fsp3) is 0.778. The molecule has 1 aliphatic rings. The van der Waals surface area contributed by atoms with Crippen molar-refractivity contribution >= 4 is 0 Å². The van der Waals surface area contributed by atoms with Crippen LogP contribution in [-0.2, 0) is 4.74 Å². The Morgan fingerprint density at radius 3 is 2.64 bits per heavy atom. The van der Waals surface area contributed by atoms with Gasteiger partial charge in [0.05, 0.1) is 12.0 Å². The summed E-state index contributed by atoms with van der Waals surface area (Å²) in [7, 11) is 1.71. The van der Waals surface area contributed by atoms with Crippen molar-refractivity contribution in [2.75, 3.05) is 26.8 Å². The van der Waals surface area contributed by atoms with Crippen LogP contribution in [0.3, 0.4) is 0 Å². The highest BCUT2D eigenvalue weighted by Gasteiger charge is 2.29. The van der Waals surface area contributed by atoms with Crippen LogP contribution in [0.5, 0.6) is 0 Å². The SMILES string of the molecule is C#CC1(COC)CCNCC1. The summed E-state index contributed by atoms with van der Waals surface area (Å²) in [6, 6.07) is 0. The number of ether oxygens (including phenoxy) is 1. The van der Waals surface area contributed by atoms with Gasteiger partial charge < -0.3 is 10.1 Å². The number of nitrogens with one attached hydrogen (secondary N) is 1. The van der Waals surface area contributed by atoms with Gasteiger partial charge in [-0.1, -0.05) is 5.92 Å². The van der Waals surface area contributed by atoms with E-state index in [0.29, 0.717) is 6.61 Å². The molecule has 62 valence electrons. The van der Waals surface area contributed by atoms with Gasteiger partial charge in [-0.15, -0.1) is 6.42 Å². The Kier molecular flexibility index (Phi) is 2.92. The second kappa shape index (κ2) is 3.75. The highest BCUT2D eigenvalue weighted by atomic mass is 16.5. The van der Waals surface area contributed by atoms with Gasteiger partial charge in [0.1, 0.15) is 0 Å². The van der Waals surface area contributed by atoms with Crippen LogP contribution in [0.1, 0.15) is 12.8 Å². The Morgan fingerprint density at radius 1 is 1.55 bits per heavy atom. The molecule has 1 N–H and O–H groups in total. The zero-order valence-electron chi connectivity index (χ0n) is 7.02. The summed E-state index contributed by atoms with van der Waals surface area (Å²) in [6.07, 6.45) is 7.54. The summed E-state index contributed by atoms with van der Waals surface area (Å²) >= 11 is 0. The minimum Gasteiger partial charge on any atom is -0.383 e. The lowest BCUT2D eigenvalue weighted by atomic mass is 9.81. The number of methoxy groups -OCH3 is 1. The van der Waals surface area contributed by atoms with E-state index in [4.69, 9.17) is 11.2 Å². The average molecular weight is 153 g/mol. The molecule has 1 aliphatic heterocycles. The van der Waals surface area contributed by atoms with Crippen molar-refractivity contribution in [1.82, 2.24) is 5.32 Å². The Hall–Kier alpha value is -0.520. The van der Waals surface area contributed by atoms with Gasteiger partial charge in [0.25, 0.3) is 0 Å². The molecule has 1 rings (SSSR count). The zero-order valence-corrected chi connectivity index (χ0v) is 7.02. The first-order valence-corrected chi connectivity index (χ1v) is 4.00. The molecule has 0 amide bonds. The molecule has 1 heterocycles. The van der Waals surface area contributed by atoms with Crippen LogP contribution >= 0.6 is 0 Å². The summed E-state index contributed by atoms with van der Waals surface area (Å²) in [5.74, 6) is 2.85. The number of hydrogen-bond donors (Lipinski definition) is 1. The van der Waals surface area contributed by atoms with Gasteiger partial charge in [0, 0.05) is 7.11 Å². The predicted molar refractivity (Wildman–Crippen MR) is 45.2 cm³/mol. The van der Waals surface area contributed by atoms with Crippen LogP contribution in [0.25, 0.3) is 0 Å². The van der Waals surface area contributed by atoms with Gasteiger partial charge in [0.2, 0.25) is 0 Å². The number of rotatable bonds is 2. The minimum absolute atomic E-state index is 0.0139. The van der Waals surface area contributed by atoms with Crippen molar-refractivity contribution in [3.8, 4) is 12.3 Å². The van der Waals surface area contributed by atoms with Crippen molar-refractivity contribution in [2.24, 2.45) is 5.41 Å². The van der Waals surface area contributed by atoms with Crippen molar-refractivity contribution in [2.45, 2.75) is 12.8 Å². The van der Waals surface area contributed by atoms with Gasteiger partial charge in [-0.3, -0.25) is 0 Å². The van der Waals surface area contributed by atoms with E-state index < -0.39 is 0 Å². The van der Waals surface area contributed by atoms with E-state index >= 15 is 0 Å². The van der Waals surface area contributed by atoms with Gasteiger partial charge >= 0.3 is 0 Å². The first kappa shape index (κ1) is 8.58. The van der Waals surface area contributed by atoms with E-state index in [-0.39, 0.29) is 5.41 Å². The molecule has 1 saturated heterocycles. The quantitative estimate of drug-likeness (QED) is 0.588. The van der Waals surface area contributed by atoms with Gasteiger partial charge in [-0.05, 0) is 25.9 Å². The largest absolute Gasteiger partial charge is 0.383 e. The lowest BCUT2D eigenvalue weighted by molar-refractivity contribution is 0.0952. The summed E-state index contributed by atoms with van der Waals surface area (Å²) in [5.41, 5.74) is 0.0139. The van der Waals surface area contributed by atoms with Crippen LogP contribution in [0.4, 0.5) is 0 Å². The second-order valence-corrected chi connectivity index (χ2v) is 3.11. The Balaban J connectivity index is 2.51. The first-order valence-electron chi connectivity index (χ1n) is 4.00. The third-order valence-corrected chi connectivity index (χ3v) is 2.29. The molecule has 0 saturated carbocycles. The molecule has 0 atom stereocenters. The van der Waals surface area contributed by atoms with E-state index in [1.165, 1.54) is 0 Å². The molecule has 0 aliphatic carbocycles. The first-order chi connectivity index (χ1) is 5.33. The van der Waals surface area contributed by atoms with E-state index in [1.54, 1.807) is 7.11 Å². The molecule has 0 radical (unpaired) electrons. The van der Waals surface area contributed by atoms with Crippen molar-refractivity contribution in [1.29, 1.82) is 0 Å². The van der Waals surface area contributed by atoms with Crippen LogP contribution in [0.15, 0.2) is 0 Å². The molecule has 0 aromatic rings. The van der Waals surface area contributed by atoms with Crippen LogP contribution in [-0.4, -0.2) is 26.8 Å². The smallest absolute Gasteiger partial charge is 0.0629 e. The second-order valence-electron chi connectivity index (χ2n) is 3.11. The maximum Gasteiger partial charge on any atom is 0.0629 e. The molecule has 11 heavy (non-hydrogen) atoms. The van der Waals surface area contributed by atoms with Gasteiger partial charge in [-0.25, -0.2) is 0 Å². The lowest BCUT2D eigenvalue weighted by Gasteiger charge is -2.31. The third kappa shape index (κ3) is 1.95. The molecule has 1 fully saturated rings. The topological polar surface area (TPSA) is 21.3 Å². The van der Waals surface area contributed by atoms with E-state index in [0.717, 1.165) is 25.9 Å². The summed E-state index contributed by atoms with van der Waals surface area (Å²) in [5, 5.41) is 3.28. The highest BCUT2D eigenvalue weighted by molar-refractivity contribution is 5.07. The molecule has 2 heteroatoms. The van der Waals surface area contributed by atoms with Crippen molar-refractivity contribution < 1.29 is 4.74 Å². The summed E-state index contributed by atoms with van der Waals surface area (Å²) < 4.78 is 5.11. The van der Waals surface area contributed by atoms with Crippen LogP contribution < -0.4 is 5.32 Å². The Labute approximate surface area is 68.3 Å². The normalized spacial score (nSPS) is 22.5. The minimum atomic E-state index is 0.0139. The molecule has 0 bridgehead atoms. The van der Waals surface area contributed by atoms with Crippen molar-refractivity contribution in [3.05, 3.63) is 0 Å². The highest BCUT2D eigenvalue weighted by Crippen LogP contribution is 2.27. The fourth-order valence-corrected chi connectivity index (χ4v) is 1.51.